The Morgan fingerprint density at radius 2 is 1.50 bits per heavy atom. The van der Waals surface area contributed by atoms with Crippen LogP contribution in [-0.2, 0) is 0 Å². The summed E-state index contributed by atoms with van der Waals surface area (Å²) in [5.41, 5.74) is 0.531. The summed E-state index contributed by atoms with van der Waals surface area (Å²) in [6.07, 6.45) is 4.36. The van der Waals surface area contributed by atoms with Crippen LogP contribution in [0.25, 0.3) is 0 Å². The van der Waals surface area contributed by atoms with E-state index in [-0.39, 0.29) is 0 Å². The normalized spacial score (nSPS) is 31.7. The standard InChI is InChI=1S/C16H32/c1-11(2)16(7,12(3)4)10-15-9-13(5)8-14(15)6/h11-15H,8-10H2,1-7H3. The van der Waals surface area contributed by atoms with E-state index in [1.807, 2.05) is 0 Å². The van der Waals surface area contributed by atoms with Gasteiger partial charge in [-0.15, -0.1) is 0 Å². The summed E-state index contributed by atoms with van der Waals surface area (Å²) in [5, 5.41) is 0. The lowest BCUT2D eigenvalue weighted by atomic mass is 9.64. The van der Waals surface area contributed by atoms with Crippen molar-refractivity contribution < 1.29 is 0 Å². The number of hydrogen-bond donors (Lipinski definition) is 0. The van der Waals surface area contributed by atoms with E-state index >= 15 is 0 Å². The van der Waals surface area contributed by atoms with Crippen LogP contribution in [0.15, 0.2) is 0 Å². The zero-order valence-electron chi connectivity index (χ0n) is 12.5. The van der Waals surface area contributed by atoms with E-state index in [0.29, 0.717) is 5.41 Å². The fourth-order valence-electron chi connectivity index (χ4n) is 3.66. The van der Waals surface area contributed by atoms with Crippen molar-refractivity contribution in [2.75, 3.05) is 0 Å². The third-order valence-electron chi connectivity index (χ3n) is 5.62. The molecular weight excluding hydrogens is 192 g/mol. The van der Waals surface area contributed by atoms with Gasteiger partial charge in [-0.25, -0.2) is 0 Å². The maximum Gasteiger partial charge on any atom is -0.0277 e. The molecule has 0 heterocycles. The summed E-state index contributed by atoms with van der Waals surface area (Å²) >= 11 is 0. The molecule has 1 fully saturated rings. The van der Waals surface area contributed by atoms with Crippen molar-refractivity contribution in [3.8, 4) is 0 Å². The van der Waals surface area contributed by atoms with Crippen molar-refractivity contribution in [2.45, 2.75) is 67.7 Å². The second-order valence-corrected chi connectivity index (χ2v) is 7.33. The van der Waals surface area contributed by atoms with Crippen molar-refractivity contribution in [3.63, 3.8) is 0 Å². The average molecular weight is 224 g/mol. The van der Waals surface area contributed by atoms with Crippen molar-refractivity contribution in [1.29, 1.82) is 0 Å². The Bertz CT molecular complexity index is 206. The molecule has 1 aliphatic rings. The predicted octanol–water partition coefficient (Wildman–Crippen LogP) is 5.38. The monoisotopic (exact) mass is 224 g/mol. The first-order chi connectivity index (χ1) is 7.27. The van der Waals surface area contributed by atoms with E-state index in [1.54, 1.807) is 0 Å². The van der Waals surface area contributed by atoms with Crippen LogP contribution in [0, 0.1) is 35.0 Å². The summed E-state index contributed by atoms with van der Waals surface area (Å²) < 4.78 is 0. The van der Waals surface area contributed by atoms with Gasteiger partial charge in [-0.3, -0.25) is 0 Å². The minimum absolute atomic E-state index is 0.531. The quantitative estimate of drug-likeness (QED) is 0.601. The van der Waals surface area contributed by atoms with Crippen molar-refractivity contribution in [1.82, 2.24) is 0 Å². The zero-order chi connectivity index (χ0) is 12.5. The fraction of sp³-hybridized carbons (Fsp3) is 1.00. The third kappa shape index (κ3) is 2.81. The molecule has 3 atom stereocenters. The van der Waals surface area contributed by atoms with Crippen LogP contribution in [0.4, 0.5) is 0 Å². The summed E-state index contributed by atoms with van der Waals surface area (Å²) in [7, 11) is 0. The van der Waals surface area contributed by atoms with Crippen molar-refractivity contribution >= 4 is 0 Å². The van der Waals surface area contributed by atoms with Gasteiger partial charge < -0.3 is 0 Å². The molecule has 96 valence electrons. The smallest absolute Gasteiger partial charge is 0.0277 e. The average Bonchev–Trinajstić information content (AvgIpc) is 2.44. The highest BCUT2D eigenvalue weighted by atomic mass is 14.4. The Hall–Kier alpha value is 0. The van der Waals surface area contributed by atoms with Crippen LogP contribution in [0.3, 0.4) is 0 Å². The van der Waals surface area contributed by atoms with E-state index < -0.39 is 0 Å². The van der Waals surface area contributed by atoms with E-state index in [0.717, 1.165) is 29.6 Å². The Kier molecular flexibility index (Phi) is 4.49. The van der Waals surface area contributed by atoms with Crippen LogP contribution in [0.2, 0.25) is 0 Å². The van der Waals surface area contributed by atoms with Crippen LogP contribution >= 0.6 is 0 Å². The summed E-state index contributed by atoms with van der Waals surface area (Å²) in [4.78, 5) is 0. The molecule has 0 aromatic rings. The molecule has 0 aromatic carbocycles. The molecule has 0 saturated heterocycles. The minimum Gasteiger partial charge on any atom is -0.0625 e. The van der Waals surface area contributed by atoms with Crippen molar-refractivity contribution in [2.24, 2.45) is 35.0 Å². The molecule has 0 amide bonds. The zero-order valence-corrected chi connectivity index (χ0v) is 12.5. The SMILES string of the molecule is CC1CC(C)C(CC(C)(C(C)C)C(C)C)C1. The van der Waals surface area contributed by atoms with Crippen LogP contribution in [0.5, 0.6) is 0 Å². The van der Waals surface area contributed by atoms with Gasteiger partial charge in [0.25, 0.3) is 0 Å². The van der Waals surface area contributed by atoms with Gasteiger partial charge in [0.1, 0.15) is 0 Å². The lowest BCUT2D eigenvalue weighted by Gasteiger charge is -2.41. The summed E-state index contributed by atoms with van der Waals surface area (Å²) in [6.45, 7) is 17.0. The van der Waals surface area contributed by atoms with E-state index in [1.165, 1.54) is 19.3 Å². The molecule has 0 bridgehead atoms. The van der Waals surface area contributed by atoms with E-state index in [2.05, 4.69) is 48.5 Å². The molecule has 0 heteroatoms. The lowest BCUT2D eigenvalue weighted by Crippen LogP contribution is -2.32. The Morgan fingerprint density at radius 3 is 1.81 bits per heavy atom. The first kappa shape index (κ1) is 14.1. The maximum absolute atomic E-state index is 2.51. The predicted molar refractivity (Wildman–Crippen MR) is 73.5 cm³/mol. The third-order valence-corrected chi connectivity index (χ3v) is 5.62. The van der Waals surface area contributed by atoms with E-state index in [4.69, 9.17) is 0 Å². The molecular formula is C16H32. The highest BCUT2D eigenvalue weighted by Crippen LogP contribution is 2.48. The summed E-state index contributed by atoms with van der Waals surface area (Å²) in [6, 6.07) is 0. The Morgan fingerprint density at radius 1 is 1.00 bits per heavy atom. The molecule has 1 saturated carbocycles. The molecule has 1 rings (SSSR count). The molecule has 3 unspecified atom stereocenters. The van der Waals surface area contributed by atoms with E-state index in [9.17, 15) is 0 Å². The topological polar surface area (TPSA) is 0 Å². The molecule has 0 N–H and O–H groups in total. The van der Waals surface area contributed by atoms with Crippen LogP contribution in [0.1, 0.15) is 67.7 Å². The molecule has 16 heavy (non-hydrogen) atoms. The van der Waals surface area contributed by atoms with Crippen LogP contribution < -0.4 is 0 Å². The maximum atomic E-state index is 2.51. The Balaban J connectivity index is 2.69. The van der Waals surface area contributed by atoms with Gasteiger partial charge >= 0.3 is 0 Å². The van der Waals surface area contributed by atoms with Crippen molar-refractivity contribution in [3.05, 3.63) is 0 Å². The molecule has 1 aliphatic carbocycles. The lowest BCUT2D eigenvalue weighted by molar-refractivity contribution is 0.0873. The van der Waals surface area contributed by atoms with Crippen LogP contribution in [-0.4, -0.2) is 0 Å². The first-order valence-corrected chi connectivity index (χ1v) is 7.27. The van der Waals surface area contributed by atoms with Gasteiger partial charge in [0.2, 0.25) is 0 Å². The summed E-state index contributed by atoms with van der Waals surface area (Å²) in [5.74, 6) is 4.49. The highest BCUT2D eigenvalue weighted by Gasteiger charge is 2.38. The van der Waals surface area contributed by atoms with Gasteiger partial charge in [0, 0.05) is 0 Å². The minimum atomic E-state index is 0.531. The van der Waals surface area contributed by atoms with Gasteiger partial charge in [0.05, 0.1) is 0 Å². The largest absolute Gasteiger partial charge is 0.0625 e. The Labute approximate surface area is 103 Å². The van der Waals surface area contributed by atoms with Gasteiger partial charge in [-0.2, -0.15) is 0 Å². The molecule has 0 nitrogen and oxygen atoms in total. The molecule has 0 radical (unpaired) electrons. The first-order valence-electron chi connectivity index (χ1n) is 7.27. The molecule has 0 spiro atoms. The second-order valence-electron chi connectivity index (χ2n) is 7.33. The fourth-order valence-corrected chi connectivity index (χ4v) is 3.66. The molecule has 0 aliphatic heterocycles. The number of rotatable bonds is 4. The number of hydrogen-bond acceptors (Lipinski definition) is 0. The van der Waals surface area contributed by atoms with Gasteiger partial charge in [-0.1, -0.05) is 48.5 Å². The second kappa shape index (κ2) is 5.10. The van der Waals surface area contributed by atoms with Gasteiger partial charge in [-0.05, 0) is 54.3 Å². The highest BCUT2D eigenvalue weighted by molar-refractivity contribution is 4.88. The molecule has 0 aromatic heterocycles. The van der Waals surface area contributed by atoms with Gasteiger partial charge in [0.15, 0.2) is 0 Å².